The number of rotatable bonds is 12. The molecule has 0 fully saturated rings. The van der Waals surface area contributed by atoms with Crippen molar-refractivity contribution in [2.75, 3.05) is 9.80 Å². The highest BCUT2D eigenvalue weighted by Gasteiger charge is 2.23. The highest BCUT2D eigenvalue weighted by Crippen LogP contribution is 2.48. The summed E-state index contributed by atoms with van der Waals surface area (Å²) in [6.45, 7) is 0. The van der Waals surface area contributed by atoms with Crippen molar-refractivity contribution in [1.29, 1.82) is 0 Å². The SMILES string of the molecule is c1ccc(-c2ccc(N(c3ccc(-c4ccc5ccccc5c4)cc3)c3cc(-c4ccccc4)c4cc(-c5ccccc5)c(N(c5ccc(-c6ccccc6)cc5)c5ccc(-c6ccc7ccccc7c6)cc5)cc4c3)cc2)cc1. The van der Waals surface area contributed by atoms with Crippen molar-refractivity contribution in [3.8, 4) is 66.8 Å². The van der Waals surface area contributed by atoms with Crippen LogP contribution >= 0.6 is 0 Å². The molecule has 14 aromatic carbocycles. The minimum Gasteiger partial charge on any atom is -0.310 e. The van der Waals surface area contributed by atoms with Gasteiger partial charge in [-0.3, -0.25) is 0 Å². The van der Waals surface area contributed by atoms with Crippen LogP contribution < -0.4 is 9.80 Å². The van der Waals surface area contributed by atoms with E-state index in [0.717, 1.165) is 61.8 Å². The van der Waals surface area contributed by atoms with Crippen LogP contribution in [0.4, 0.5) is 34.1 Å². The molecule has 80 heavy (non-hydrogen) atoms. The largest absolute Gasteiger partial charge is 0.310 e. The fraction of sp³-hybridized carbons (Fsp3) is 0. The Labute approximate surface area is 468 Å². The predicted molar refractivity (Wildman–Crippen MR) is 341 cm³/mol. The van der Waals surface area contributed by atoms with Crippen LogP contribution in [0, 0.1) is 0 Å². The molecular formula is C78H54N2. The summed E-state index contributed by atoms with van der Waals surface area (Å²) in [7, 11) is 0. The highest BCUT2D eigenvalue weighted by atomic mass is 15.2. The first-order chi connectivity index (χ1) is 39.6. The number of hydrogen-bond donors (Lipinski definition) is 0. The van der Waals surface area contributed by atoms with Crippen LogP contribution in [-0.2, 0) is 0 Å². The number of fused-ring (bicyclic) bond motifs is 3. The molecule has 0 radical (unpaired) electrons. The summed E-state index contributed by atoms with van der Waals surface area (Å²) in [6, 6.07) is 120. The predicted octanol–water partition coefficient (Wildman–Crippen LogP) is 22.1. The van der Waals surface area contributed by atoms with Crippen LogP contribution in [0.2, 0.25) is 0 Å². The van der Waals surface area contributed by atoms with Crippen LogP contribution in [-0.4, -0.2) is 0 Å². The first-order valence-electron chi connectivity index (χ1n) is 27.5. The molecule has 376 valence electrons. The Hall–Kier alpha value is -10.5. The third-order valence-corrected chi connectivity index (χ3v) is 15.6. The second-order valence-corrected chi connectivity index (χ2v) is 20.5. The molecule has 2 nitrogen and oxygen atoms in total. The van der Waals surface area contributed by atoms with Crippen LogP contribution in [0.15, 0.2) is 328 Å². The van der Waals surface area contributed by atoms with Gasteiger partial charge in [-0.1, -0.05) is 243 Å². The molecule has 14 rings (SSSR count). The number of benzene rings is 14. The lowest BCUT2D eigenvalue weighted by molar-refractivity contribution is 1.28. The standard InChI is InChI=1S/C78H54N2/c1-5-17-55(18-6-1)59-33-41-70(42-34-59)79(71-43-37-61(38-44-71)67-31-29-57-21-13-15-27-65(57)49-67)74-51-69-52-78(77(64-25-11-4-12-26-64)54-76(69)75(53-74)63-23-9-3-10-24-63)80(72-45-35-60(36-46-72)56-19-7-2-8-20-56)73-47-39-62(40-48-73)68-32-30-58-22-14-16-28-66(58)50-68/h1-54H. The Morgan fingerprint density at radius 2 is 0.487 bits per heavy atom. The van der Waals surface area contributed by atoms with Gasteiger partial charge in [0.05, 0.1) is 5.69 Å². The van der Waals surface area contributed by atoms with Crippen molar-refractivity contribution in [3.05, 3.63) is 328 Å². The number of anilines is 6. The van der Waals surface area contributed by atoms with Gasteiger partial charge in [0.1, 0.15) is 0 Å². The molecule has 0 amide bonds. The molecule has 0 aliphatic carbocycles. The molecule has 14 aromatic rings. The maximum Gasteiger partial charge on any atom is 0.0546 e. The van der Waals surface area contributed by atoms with E-state index < -0.39 is 0 Å². The Bertz CT molecular complexity index is 4460. The molecule has 0 aromatic heterocycles. The summed E-state index contributed by atoms with van der Waals surface area (Å²) >= 11 is 0. The monoisotopic (exact) mass is 1020 g/mol. The second kappa shape index (κ2) is 21.1. The van der Waals surface area contributed by atoms with Crippen LogP contribution in [0.25, 0.3) is 99.1 Å². The molecule has 2 heteroatoms. The van der Waals surface area contributed by atoms with Crippen molar-refractivity contribution >= 4 is 66.4 Å². The van der Waals surface area contributed by atoms with Crippen LogP contribution in [0.3, 0.4) is 0 Å². The van der Waals surface area contributed by atoms with Gasteiger partial charge in [-0.25, -0.2) is 0 Å². The third kappa shape index (κ3) is 9.46. The van der Waals surface area contributed by atoms with Gasteiger partial charge in [0.15, 0.2) is 0 Å². The lowest BCUT2D eigenvalue weighted by Crippen LogP contribution is -2.12. The topological polar surface area (TPSA) is 6.48 Å². The van der Waals surface area contributed by atoms with E-state index in [1.807, 2.05) is 0 Å². The summed E-state index contributed by atoms with van der Waals surface area (Å²) in [5.41, 5.74) is 20.4. The van der Waals surface area contributed by atoms with Gasteiger partial charge in [-0.15, -0.1) is 0 Å². The van der Waals surface area contributed by atoms with Gasteiger partial charge < -0.3 is 9.80 Å². The van der Waals surface area contributed by atoms with E-state index in [4.69, 9.17) is 0 Å². The molecule has 0 spiro atoms. The van der Waals surface area contributed by atoms with E-state index in [1.165, 1.54) is 71.4 Å². The number of hydrogen-bond acceptors (Lipinski definition) is 2. The zero-order valence-corrected chi connectivity index (χ0v) is 44.1. The smallest absolute Gasteiger partial charge is 0.0546 e. The molecule has 0 aliphatic rings. The Kier molecular flexibility index (Phi) is 12.6. The maximum absolute atomic E-state index is 2.45. The molecular weight excluding hydrogens is 965 g/mol. The van der Waals surface area contributed by atoms with Gasteiger partial charge in [0.2, 0.25) is 0 Å². The Morgan fingerprint density at radius 3 is 0.912 bits per heavy atom. The lowest BCUT2D eigenvalue weighted by atomic mass is 9.91. The van der Waals surface area contributed by atoms with Crippen molar-refractivity contribution in [1.82, 2.24) is 0 Å². The summed E-state index contributed by atoms with van der Waals surface area (Å²) in [5, 5.41) is 7.22. The minimum atomic E-state index is 1.05. The first kappa shape index (κ1) is 47.9. The first-order valence-corrected chi connectivity index (χ1v) is 27.5. The molecule has 0 bridgehead atoms. The second-order valence-electron chi connectivity index (χ2n) is 20.5. The van der Waals surface area contributed by atoms with E-state index >= 15 is 0 Å². The van der Waals surface area contributed by atoms with Gasteiger partial charge in [-0.05, 0) is 178 Å². The molecule has 0 atom stereocenters. The van der Waals surface area contributed by atoms with Gasteiger partial charge in [0.25, 0.3) is 0 Å². The van der Waals surface area contributed by atoms with E-state index in [2.05, 4.69) is 337 Å². The summed E-state index contributed by atoms with van der Waals surface area (Å²) in [5.74, 6) is 0. The Balaban J connectivity index is 0.976. The quantitative estimate of drug-likeness (QED) is 0.120. The molecule has 0 saturated heterocycles. The van der Waals surface area contributed by atoms with Crippen LogP contribution in [0.5, 0.6) is 0 Å². The molecule has 0 saturated carbocycles. The van der Waals surface area contributed by atoms with Gasteiger partial charge >= 0.3 is 0 Å². The fourth-order valence-corrected chi connectivity index (χ4v) is 11.5. The van der Waals surface area contributed by atoms with Crippen LogP contribution in [0.1, 0.15) is 0 Å². The minimum absolute atomic E-state index is 1.05. The van der Waals surface area contributed by atoms with E-state index in [0.29, 0.717) is 0 Å². The average Bonchev–Trinajstić information content (AvgIpc) is 3.60. The fourth-order valence-electron chi connectivity index (χ4n) is 11.5. The van der Waals surface area contributed by atoms with Crippen molar-refractivity contribution < 1.29 is 0 Å². The van der Waals surface area contributed by atoms with Gasteiger partial charge in [0, 0.05) is 34.0 Å². The van der Waals surface area contributed by atoms with E-state index in [1.54, 1.807) is 0 Å². The summed E-state index contributed by atoms with van der Waals surface area (Å²) < 4.78 is 0. The Morgan fingerprint density at radius 1 is 0.163 bits per heavy atom. The van der Waals surface area contributed by atoms with Crippen molar-refractivity contribution in [3.63, 3.8) is 0 Å². The highest BCUT2D eigenvalue weighted by molar-refractivity contribution is 6.07. The summed E-state index contributed by atoms with van der Waals surface area (Å²) in [6.07, 6.45) is 0. The summed E-state index contributed by atoms with van der Waals surface area (Å²) in [4.78, 5) is 4.86. The van der Waals surface area contributed by atoms with Crippen molar-refractivity contribution in [2.45, 2.75) is 0 Å². The average molecular weight is 1020 g/mol. The zero-order chi connectivity index (χ0) is 53.2. The lowest BCUT2D eigenvalue weighted by Gasteiger charge is -2.30. The third-order valence-electron chi connectivity index (χ3n) is 15.6. The van der Waals surface area contributed by atoms with E-state index in [9.17, 15) is 0 Å². The normalized spacial score (nSPS) is 11.2. The number of nitrogens with zero attached hydrogens (tertiary/aromatic N) is 2. The molecule has 0 unspecified atom stereocenters. The zero-order valence-electron chi connectivity index (χ0n) is 44.1. The molecule has 0 N–H and O–H groups in total. The maximum atomic E-state index is 2.45. The molecule has 0 heterocycles. The van der Waals surface area contributed by atoms with E-state index in [-0.39, 0.29) is 0 Å². The molecule has 0 aliphatic heterocycles. The van der Waals surface area contributed by atoms with Gasteiger partial charge in [-0.2, -0.15) is 0 Å². The van der Waals surface area contributed by atoms with Crippen molar-refractivity contribution in [2.24, 2.45) is 0 Å².